The van der Waals surface area contributed by atoms with Crippen molar-refractivity contribution in [3.63, 3.8) is 0 Å². The number of thiazole rings is 1. The maximum atomic E-state index is 12.3. The van der Waals surface area contributed by atoms with Gasteiger partial charge < -0.3 is 4.57 Å². The molecule has 1 aromatic heterocycles. The maximum Gasteiger partial charge on any atom is 0.307 e. The Bertz CT molecular complexity index is 775. The number of benzene rings is 1. The Labute approximate surface area is 122 Å². The maximum absolute atomic E-state index is 12.3. The molecule has 1 atom stereocenters. The zero-order valence-corrected chi connectivity index (χ0v) is 13.3. The van der Waals surface area contributed by atoms with Crippen LogP contribution in [-0.4, -0.2) is 19.0 Å². The van der Waals surface area contributed by atoms with E-state index in [0.717, 1.165) is 29.7 Å². The predicted octanol–water partition coefficient (Wildman–Crippen LogP) is 2.07. The van der Waals surface area contributed by atoms with Crippen molar-refractivity contribution in [2.45, 2.75) is 37.6 Å². The molecule has 1 aromatic carbocycles. The van der Waals surface area contributed by atoms with Gasteiger partial charge in [0.25, 0.3) is 0 Å². The van der Waals surface area contributed by atoms with Gasteiger partial charge >= 0.3 is 4.87 Å². The number of fused-ring (bicyclic) bond motifs is 1. The van der Waals surface area contributed by atoms with Gasteiger partial charge in [0.2, 0.25) is 10.0 Å². The summed E-state index contributed by atoms with van der Waals surface area (Å²) in [7, 11) is -1.85. The fraction of sp³-hybridized carbons (Fsp3) is 0.462. The van der Waals surface area contributed by atoms with E-state index >= 15 is 0 Å². The lowest BCUT2D eigenvalue weighted by atomic mass is 10.2. The van der Waals surface area contributed by atoms with Crippen molar-refractivity contribution < 1.29 is 8.42 Å². The standard InChI is InChI=1S/C13H18N2O3S2/c1-4-5-9(2)14-20(17,18)10-6-7-11-12(8-10)19-13(16)15(11)3/h6-9,14H,4-5H2,1-3H3. The Morgan fingerprint density at radius 2 is 2.10 bits per heavy atom. The zero-order valence-electron chi connectivity index (χ0n) is 11.7. The van der Waals surface area contributed by atoms with Crippen LogP contribution < -0.4 is 9.60 Å². The Morgan fingerprint density at radius 3 is 2.75 bits per heavy atom. The normalized spacial score (nSPS) is 13.8. The van der Waals surface area contributed by atoms with Gasteiger partial charge in [0, 0.05) is 13.1 Å². The first kappa shape index (κ1) is 15.2. The minimum Gasteiger partial charge on any atom is -0.302 e. The number of nitrogens with zero attached hydrogens (tertiary/aromatic N) is 1. The van der Waals surface area contributed by atoms with Crippen molar-refractivity contribution in [3.05, 3.63) is 27.9 Å². The molecular weight excluding hydrogens is 296 g/mol. The van der Waals surface area contributed by atoms with E-state index in [1.807, 2.05) is 13.8 Å². The minimum absolute atomic E-state index is 0.0955. The minimum atomic E-state index is -3.53. The summed E-state index contributed by atoms with van der Waals surface area (Å²) in [5.74, 6) is 0. The molecule has 2 aromatic rings. The molecule has 1 unspecified atom stereocenters. The van der Waals surface area contributed by atoms with Gasteiger partial charge in [-0.25, -0.2) is 13.1 Å². The van der Waals surface area contributed by atoms with Crippen LogP contribution in [0.1, 0.15) is 26.7 Å². The first-order chi connectivity index (χ1) is 9.35. The molecular formula is C13H18N2O3S2. The van der Waals surface area contributed by atoms with Crippen LogP contribution in [-0.2, 0) is 17.1 Å². The second-order valence-corrected chi connectivity index (χ2v) is 7.57. The molecule has 0 radical (unpaired) electrons. The summed E-state index contributed by atoms with van der Waals surface area (Å²) >= 11 is 1.05. The molecule has 0 aliphatic carbocycles. The highest BCUT2D eigenvalue weighted by Crippen LogP contribution is 2.21. The smallest absolute Gasteiger partial charge is 0.302 e. The summed E-state index contributed by atoms with van der Waals surface area (Å²) in [5, 5.41) is 0. The van der Waals surface area contributed by atoms with E-state index < -0.39 is 10.0 Å². The van der Waals surface area contributed by atoms with Crippen molar-refractivity contribution in [2.24, 2.45) is 7.05 Å². The highest BCUT2D eigenvalue weighted by atomic mass is 32.2. The topological polar surface area (TPSA) is 68.2 Å². The third-order valence-corrected chi connectivity index (χ3v) is 5.73. The summed E-state index contributed by atoms with van der Waals surface area (Å²) in [6.07, 6.45) is 1.71. The van der Waals surface area contributed by atoms with Crippen LogP contribution in [0.15, 0.2) is 27.9 Å². The van der Waals surface area contributed by atoms with Crippen LogP contribution in [0.25, 0.3) is 10.2 Å². The average molecular weight is 314 g/mol. The molecule has 2 rings (SSSR count). The lowest BCUT2D eigenvalue weighted by Crippen LogP contribution is -2.32. The summed E-state index contributed by atoms with van der Waals surface area (Å²) in [6, 6.07) is 4.67. The second kappa shape index (κ2) is 5.67. The van der Waals surface area contributed by atoms with Crippen molar-refractivity contribution in [1.82, 2.24) is 9.29 Å². The number of aromatic nitrogens is 1. The zero-order chi connectivity index (χ0) is 14.9. The first-order valence-electron chi connectivity index (χ1n) is 6.47. The fourth-order valence-electron chi connectivity index (χ4n) is 2.11. The van der Waals surface area contributed by atoms with Gasteiger partial charge in [0.1, 0.15) is 0 Å². The number of nitrogens with one attached hydrogen (secondary N) is 1. The van der Waals surface area contributed by atoms with Gasteiger partial charge in [-0.05, 0) is 31.5 Å². The van der Waals surface area contributed by atoms with Gasteiger partial charge in [-0.1, -0.05) is 24.7 Å². The van der Waals surface area contributed by atoms with E-state index in [2.05, 4.69) is 4.72 Å². The molecule has 0 amide bonds. The first-order valence-corrected chi connectivity index (χ1v) is 8.77. The van der Waals surface area contributed by atoms with Crippen molar-refractivity contribution in [2.75, 3.05) is 0 Å². The van der Waals surface area contributed by atoms with Crippen LogP contribution in [0.2, 0.25) is 0 Å². The van der Waals surface area contributed by atoms with Crippen molar-refractivity contribution in [1.29, 1.82) is 0 Å². The SMILES string of the molecule is CCCC(C)NS(=O)(=O)c1ccc2c(c1)sc(=O)n2C. The number of hydrogen-bond donors (Lipinski definition) is 1. The molecule has 0 aliphatic heterocycles. The highest BCUT2D eigenvalue weighted by molar-refractivity contribution is 7.89. The van der Waals surface area contributed by atoms with Crippen LogP contribution in [0, 0.1) is 0 Å². The largest absolute Gasteiger partial charge is 0.307 e. The molecule has 7 heteroatoms. The summed E-state index contributed by atoms with van der Waals surface area (Å²) in [5.41, 5.74) is 0.751. The number of rotatable bonds is 5. The van der Waals surface area contributed by atoms with E-state index in [-0.39, 0.29) is 15.8 Å². The summed E-state index contributed by atoms with van der Waals surface area (Å²) < 4.78 is 29.4. The summed E-state index contributed by atoms with van der Waals surface area (Å²) in [6.45, 7) is 3.86. The van der Waals surface area contributed by atoms with Gasteiger partial charge in [-0.3, -0.25) is 4.79 Å². The Balaban J connectivity index is 2.40. The monoisotopic (exact) mass is 314 g/mol. The lowest BCUT2D eigenvalue weighted by molar-refractivity contribution is 0.544. The third kappa shape index (κ3) is 2.94. The average Bonchev–Trinajstić information content (AvgIpc) is 2.64. The van der Waals surface area contributed by atoms with Gasteiger partial charge in [-0.15, -0.1) is 0 Å². The fourth-order valence-corrected chi connectivity index (χ4v) is 4.40. The molecule has 0 saturated heterocycles. The highest BCUT2D eigenvalue weighted by Gasteiger charge is 2.18. The molecule has 0 bridgehead atoms. The molecule has 0 spiro atoms. The van der Waals surface area contributed by atoms with Crippen LogP contribution in [0.5, 0.6) is 0 Å². The molecule has 0 aliphatic rings. The van der Waals surface area contributed by atoms with E-state index in [9.17, 15) is 13.2 Å². The van der Waals surface area contributed by atoms with Gasteiger partial charge in [0.15, 0.2) is 0 Å². The van der Waals surface area contributed by atoms with Gasteiger partial charge in [0.05, 0.1) is 15.1 Å². The van der Waals surface area contributed by atoms with Gasteiger partial charge in [-0.2, -0.15) is 0 Å². The van der Waals surface area contributed by atoms with E-state index in [0.29, 0.717) is 4.70 Å². The molecule has 0 saturated carbocycles. The predicted molar refractivity (Wildman–Crippen MR) is 81.8 cm³/mol. The molecule has 5 nitrogen and oxygen atoms in total. The number of hydrogen-bond acceptors (Lipinski definition) is 4. The molecule has 20 heavy (non-hydrogen) atoms. The number of aryl methyl sites for hydroxylation is 1. The van der Waals surface area contributed by atoms with E-state index in [4.69, 9.17) is 0 Å². The third-order valence-electron chi connectivity index (χ3n) is 3.15. The molecule has 1 N–H and O–H groups in total. The quantitative estimate of drug-likeness (QED) is 0.918. The Morgan fingerprint density at radius 1 is 1.40 bits per heavy atom. The van der Waals surface area contributed by atoms with Crippen molar-refractivity contribution in [3.8, 4) is 0 Å². The van der Waals surface area contributed by atoms with Crippen LogP contribution >= 0.6 is 11.3 Å². The van der Waals surface area contributed by atoms with E-state index in [1.54, 1.807) is 19.2 Å². The summed E-state index contributed by atoms with van der Waals surface area (Å²) in [4.78, 5) is 11.7. The number of sulfonamides is 1. The Hall–Kier alpha value is -1.18. The molecule has 1 heterocycles. The second-order valence-electron chi connectivity index (χ2n) is 4.87. The molecule has 110 valence electrons. The van der Waals surface area contributed by atoms with Crippen LogP contribution in [0.3, 0.4) is 0 Å². The van der Waals surface area contributed by atoms with Crippen LogP contribution in [0.4, 0.5) is 0 Å². The van der Waals surface area contributed by atoms with E-state index in [1.165, 1.54) is 10.6 Å². The molecule has 0 fully saturated rings. The Kier molecular flexibility index (Phi) is 4.31. The van der Waals surface area contributed by atoms with Crippen molar-refractivity contribution >= 4 is 31.6 Å². The lowest BCUT2D eigenvalue weighted by Gasteiger charge is -2.13.